The molecule has 0 radical (unpaired) electrons. The predicted octanol–water partition coefficient (Wildman–Crippen LogP) is 2.06. The van der Waals surface area contributed by atoms with Gasteiger partial charge in [0.2, 0.25) is 5.91 Å². The van der Waals surface area contributed by atoms with Crippen LogP contribution in [0.3, 0.4) is 0 Å². The van der Waals surface area contributed by atoms with Gasteiger partial charge in [0, 0.05) is 24.3 Å². The molecule has 21 heavy (non-hydrogen) atoms. The molecule has 4 N–H and O–H groups in total. The Morgan fingerprint density at radius 3 is 2.48 bits per heavy atom. The van der Waals surface area contributed by atoms with Gasteiger partial charge in [0.25, 0.3) is 5.91 Å². The molecule has 0 saturated heterocycles. The third kappa shape index (κ3) is 4.77. The number of aryl methyl sites for hydroxylation is 1. The summed E-state index contributed by atoms with van der Waals surface area (Å²) in [6, 6.07) is 5.52. The molecule has 0 aliphatic rings. The van der Waals surface area contributed by atoms with Crippen LogP contribution in [0.2, 0.25) is 0 Å². The average Bonchev–Trinajstić information content (AvgIpc) is 2.43. The number of nitrogens with one attached hydrogen (secondary N) is 2. The molecular weight excluding hydrogens is 266 g/mol. The van der Waals surface area contributed by atoms with E-state index in [1.54, 1.807) is 19.9 Å². The summed E-state index contributed by atoms with van der Waals surface area (Å²) in [5.74, 6) is -0.632. The SMILES string of the molecule is CCCNc1ccc(C(=O)NCC(C)(C)C(N)=O)cc1C. The van der Waals surface area contributed by atoms with Crippen LogP contribution in [-0.4, -0.2) is 24.9 Å². The van der Waals surface area contributed by atoms with Crippen molar-refractivity contribution >= 4 is 17.5 Å². The Morgan fingerprint density at radius 1 is 1.29 bits per heavy atom. The molecule has 116 valence electrons. The van der Waals surface area contributed by atoms with Crippen molar-refractivity contribution in [2.45, 2.75) is 34.1 Å². The molecule has 0 atom stereocenters. The summed E-state index contributed by atoms with van der Waals surface area (Å²) in [6.45, 7) is 8.60. The zero-order valence-corrected chi connectivity index (χ0v) is 13.2. The molecule has 0 fully saturated rings. The molecule has 0 unspecified atom stereocenters. The maximum Gasteiger partial charge on any atom is 0.251 e. The first-order chi connectivity index (χ1) is 9.77. The van der Waals surface area contributed by atoms with Crippen LogP contribution in [0.5, 0.6) is 0 Å². The molecule has 5 heteroatoms. The van der Waals surface area contributed by atoms with Gasteiger partial charge >= 0.3 is 0 Å². The molecule has 0 saturated carbocycles. The number of nitrogens with two attached hydrogens (primary N) is 1. The van der Waals surface area contributed by atoms with Gasteiger partial charge in [-0.05, 0) is 51.0 Å². The van der Waals surface area contributed by atoms with Crippen LogP contribution in [0.1, 0.15) is 43.1 Å². The van der Waals surface area contributed by atoms with Crippen molar-refractivity contribution in [2.75, 3.05) is 18.4 Å². The molecule has 2 amide bonds. The molecule has 5 nitrogen and oxygen atoms in total. The monoisotopic (exact) mass is 291 g/mol. The number of amides is 2. The molecule has 0 spiro atoms. The average molecular weight is 291 g/mol. The first kappa shape index (κ1) is 17.0. The summed E-state index contributed by atoms with van der Waals surface area (Å²) < 4.78 is 0. The third-order valence-corrected chi connectivity index (χ3v) is 3.41. The standard InChI is InChI=1S/C16H25N3O2/c1-5-8-18-13-7-6-12(9-11(13)2)14(20)19-10-16(3,4)15(17)21/h6-7,9,18H,5,8,10H2,1-4H3,(H2,17,21)(H,19,20). The van der Waals surface area contributed by atoms with Gasteiger partial charge in [0.15, 0.2) is 0 Å². The lowest BCUT2D eigenvalue weighted by molar-refractivity contribution is -0.125. The molecule has 0 aromatic heterocycles. The fraction of sp³-hybridized carbons (Fsp3) is 0.500. The predicted molar refractivity (Wildman–Crippen MR) is 85.3 cm³/mol. The number of carbonyl (C=O) groups excluding carboxylic acids is 2. The lowest BCUT2D eigenvalue weighted by Gasteiger charge is -2.20. The quantitative estimate of drug-likeness (QED) is 0.719. The molecule has 1 aromatic rings. The summed E-state index contributed by atoms with van der Waals surface area (Å²) in [5.41, 5.74) is 7.16. The minimum Gasteiger partial charge on any atom is -0.385 e. The van der Waals surface area contributed by atoms with E-state index in [4.69, 9.17) is 5.73 Å². The van der Waals surface area contributed by atoms with Gasteiger partial charge in [0.1, 0.15) is 0 Å². The van der Waals surface area contributed by atoms with E-state index >= 15 is 0 Å². The second-order valence-corrected chi connectivity index (χ2v) is 5.89. The number of primary amides is 1. The lowest BCUT2D eigenvalue weighted by Crippen LogP contribution is -2.42. The van der Waals surface area contributed by atoms with E-state index < -0.39 is 11.3 Å². The van der Waals surface area contributed by atoms with Crippen LogP contribution >= 0.6 is 0 Å². The molecule has 0 aliphatic heterocycles. The van der Waals surface area contributed by atoms with E-state index in [-0.39, 0.29) is 12.5 Å². The Morgan fingerprint density at radius 2 is 1.95 bits per heavy atom. The second kappa shape index (κ2) is 7.11. The molecular formula is C16H25N3O2. The highest BCUT2D eigenvalue weighted by Crippen LogP contribution is 2.17. The van der Waals surface area contributed by atoms with E-state index in [0.29, 0.717) is 5.56 Å². The Bertz CT molecular complexity index is 524. The zero-order valence-electron chi connectivity index (χ0n) is 13.2. The number of anilines is 1. The molecule has 0 heterocycles. The zero-order chi connectivity index (χ0) is 16.0. The second-order valence-electron chi connectivity index (χ2n) is 5.89. The summed E-state index contributed by atoms with van der Waals surface area (Å²) in [5, 5.41) is 6.06. The van der Waals surface area contributed by atoms with Crippen molar-refractivity contribution in [1.29, 1.82) is 0 Å². The number of hydrogen-bond donors (Lipinski definition) is 3. The minimum absolute atomic E-state index is 0.200. The first-order valence-corrected chi connectivity index (χ1v) is 7.20. The van der Waals surface area contributed by atoms with E-state index in [1.807, 2.05) is 19.1 Å². The summed E-state index contributed by atoms with van der Waals surface area (Å²) in [7, 11) is 0. The first-order valence-electron chi connectivity index (χ1n) is 7.20. The largest absolute Gasteiger partial charge is 0.385 e. The van der Waals surface area contributed by atoms with Crippen molar-refractivity contribution in [2.24, 2.45) is 11.1 Å². The van der Waals surface area contributed by atoms with Gasteiger partial charge in [0.05, 0.1) is 5.41 Å². The van der Waals surface area contributed by atoms with Crippen molar-refractivity contribution in [3.05, 3.63) is 29.3 Å². The lowest BCUT2D eigenvalue weighted by atomic mass is 9.92. The summed E-state index contributed by atoms with van der Waals surface area (Å²) in [6.07, 6.45) is 1.05. The smallest absolute Gasteiger partial charge is 0.251 e. The Labute approximate surface area is 126 Å². The molecule has 1 rings (SSSR count). The van der Waals surface area contributed by atoms with Crippen LogP contribution in [0.4, 0.5) is 5.69 Å². The van der Waals surface area contributed by atoms with Crippen molar-refractivity contribution in [1.82, 2.24) is 5.32 Å². The fourth-order valence-electron chi connectivity index (χ4n) is 1.75. The minimum atomic E-state index is -0.757. The topological polar surface area (TPSA) is 84.2 Å². The van der Waals surface area contributed by atoms with Crippen molar-refractivity contribution in [3.8, 4) is 0 Å². The van der Waals surface area contributed by atoms with Crippen LogP contribution in [0.15, 0.2) is 18.2 Å². The van der Waals surface area contributed by atoms with Gasteiger partial charge in [-0.25, -0.2) is 0 Å². The van der Waals surface area contributed by atoms with Crippen LogP contribution < -0.4 is 16.4 Å². The van der Waals surface area contributed by atoms with Gasteiger partial charge in [-0.1, -0.05) is 6.92 Å². The van der Waals surface area contributed by atoms with Crippen LogP contribution in [-0.2, 0) is 4.79 Å². The van der Waals surface area contributed by atoms with Crippen LogP contribution in [0, 0.1) is 12.3 Å². The van der Waals surface area contributed by atoms with E-state index in [1.165, 1.54) is 0 Å². The summed E-state index contributed by atoms with van der Waals surface area (Å²) >= 11 is 0. The maximum absolute atomic E-state index is 12.1. The van der Waals surface area contributed by atoms with E-state index in [2.05, 4.69) is 17.6 Å². The van der Waals surface area contributed by atoms with Crippen molar-refractivity contribution in [3.63, 3.8) is 0 Å². The Kier molecular flexibility index (Phi) is 5.76. The number of rotatable bonds is 7. The maximum atomic E-state index is 12.1. The van der Waals surface area contributed by atoms with Gasteiger partial charge in [-0.15, -0.1) is 0 Å². The number of carbonyl (C=O) groups is 2. The Balaban J connectivity index is 2.71. The van der Waals surface area contributed by atoms with Crippen molar-refractivity contribution < 1.29 is 9.59 Å². The third-order valence-electron chi connectivity index (χ3n) is 3.41. The highest BCUT2D eigenvalue weighted by molar-refractivity contribution is 5.95. The van der Waals surface area contributed by atoms with Gasteiger partial charge in [-0.3, -0.25) is 9.59 Å². The van der Waals surface area contributed by atoms with Crippen LogP contribution in [0.25, 0.3) is 0 Å². The van der Waals surface area contributed by atoms with E-state index in [9.17, 15) is 9.59 Å². The molecule has 1 aromatic carbocycles. The fourth-order valence-corrected chi connectivity index (χ4v) is 1.75. The highest BCUT2D eigenvalue weighted by Gasteiger charge is 2.25. The Hall–Kier alpha value is -2.04. The summed E-state index contributed by atoms with van der Waals surface area (Å²) in [4.78, 5) is 23.3. The molecule has 0 aliphatic carbocycles. The highest BCUT2D eigenvalue weighted by atomic mass is 16.2. The van der Waals surface area contributed by atoms with Gasteiger partial charge in [-0.2, -0.15) is 0 Å². The van der Waals surface area contributed by atoms with Gasteiger partial charge < -0.3 is 16.4 Å². The number of hydrogen-bond acceptors (Lipinski definition) is 3. The normalized spacial score (nSPS) is 11.0. The number of benzene rings is 1. The molecule has 0 bridgehead atoms. The van der Waals surface area contributed by atoms with E-state index in [0.717, 1.165) is 24.2 Å².